The maximum Gasteiger partial charge on any atom is 0.126 e. The van der Waals surface area contributed by atoms with E-state index in [-0.39, 0.29) is 5.82 Å². The molecule has 0 saturated heterocycles. The quantitative estimate of drug-likeness (QED) is 0.712. The van der Waals surface area contributed by atoms with Gasteiger partial charge in [0.25, 0.3) is 0 Å². The van der Waals surface area contributed by atoms with Gasteiger partial charge in [-0.15, -0.1) is 0 Å². The van der Waals surface area contributed by atoms with E-state index in [0.29, 0.717) is 12.3 Å². The maximum atomic E-state index is 13.3. The van der Waals surface area contributed by atoms with Gasteiger partial charge < -0.3 is 4.74 Å². The molecule has 0 saturated carbocycles. The van der Waals surface area contributed by atoms with E-state index in [0.717, 1.165) is 23.0 Å². The molecule has 0 fully saturated rings. The number of hydrogen-bond acceptors (Lipinski definition) is 3. The molecule has 0 N–H and O–H groups in total. The van der Waals surface area contributed by atoms with Gasteiger partial charge in [0.2, 0.25) is 0 Å². The van der Waals surface area contributed by atoms with Crippen LogP contribution in [0.4, 0.5) is 4.39 Å². The number of benzene rings is 2. The standard InChI is InChI=1S/C19H19FN2O/c1-22(13-16-6-7-17(20)11-19(16)23-2)12-14-5-8-18-15(10-14)4-3-9-21-18/h3-11H,12-13H2,1-2H3. The van der Waals surface area contributed by atoms with Crippen molar-refractivity contribution >= 4 is 10.9 Å². The van der Waals surface area contributed by atoms with Gasteiger partial charge in [0.1, 0.15) is 11.6 Å². The number of ether oxygens (including phenoxy) is 1. The Morgan fingerprint density at radius 1 is 1.09 bits per heavy atom. The highest BCUT2D eigenvalue weighted by Crippen LogP contribution is 2.22. The molecule has 0 radical (unpaired) electrons. The molecule has 3 rings (SSSR count). The molecule has 0 atom stereocenters. The number of methoxy groups -OCH3 is 1. The third kappa shape index (κ3) is 3.66. The lowest BCUT2D eigenvalue weighted by Crippen LogP contribution is -2.17. The number of halogens is 1. The summed E-state index contributed by atoms with van der Waals surface area (Å²) in [6, 6.07) is 15.0. The summed E-state index contributed by atoms with van der Waals surface area (Å²) in [5.41, 5.74) is 3.19. The third-order valence-corrected chi connectivity index (χ3v) is 3.81. The Balaban J connectivity index is 1.74. The second-order valence-electron chi connectivity index (χ2n) is 5.66. The second-order valence-corrected chi connectivity index (χ2v) is 5.66. The maximum absolute atomic E-state index is 13.3. The lowest BCUT2D eigenvalue weighted by molar-refractivity contribution is 0.309. The molecule has 1 heterocycles. The van der Waals surface area contributed by atoms with Crippen LogP contribution < -0.4 is 4.74 Å². The van der Waals surface area contributed by atoms with Crippen LogP contribution in [0, 0.1) is 5.82 Å². The van der Waals surface area contributed by atoms with Gasteiger partial charge in [0, 0.05) is 36.3 Å². The van der Waals surface area contributed by atoms with Crippen molar-refractivity contribution in [2.75, 3.05) is 14.2 Å². The molecule has 2 aromatic carbocycles. The van der Waals surface area contributed by atoms with Crippen molar-refractivity contribution in [1.29, 1.82) is 0 Å². The Bertz CT molecular complexity index is 819. The van der Waals surface area contributed by atoms with E-state index in [4.69, 9.17) is 4.74 Å². The monoisotopic (exact) mass is 310 g/mol. The number of aromatic nitrogens is 1. The average molecular weight is 310 g/mol. The van der Waals surface area contributed by atoms with Gasteiger partial charge in [-0.25, -0.2) is 4.39 Å². The Kier molecular flexibility index (Phi) is 4.53. The SMILES string of the molecule is COc1cc(F)ccc1CN(C)Cc1ccc2ncccc2c1. The Morgan fingerprint density at radius 3 is 2.78 bits per heavy atom. The summed E-state index contributed by atoms with van der Waals surface area (Å²) >= 11 is 0. The highest BCUT2D eigenvalue weighted by Gasteiger charge is 2.08. The van der Waals surface area contributed by atoms with Crippen LogP contribution in [0.25, 0.3) is 10.9 Å². The van der Waals surface area contributed by atoms with Crippen LogP contribution in [0.2, 0.25) is 0 Å². The molecule has 23 heavy (non-hydrogen) atoms. The fraction of sp³-hybridized carbons (Fsp3) is 0.211. The summed E-state index contributed by atoms with van der Waals surface area (Å²) in [7, 11) is 3.60. The van der Waals surface area contributed by atoms with Crippen LogP contribution in [0.5, 0.6) is 5.75 Å². The Labute approximate surface area is 135 Å². The van der Waals surface area contributed by atoms with Crippen LogP contribution in [0.3, 0.4) is 0 Å². The number of hydrogen-bond donors (Lipinski definition) is 0. The molecular formula is C19H19FN2O. The Hall–Kier alpha value is -2.46. The van der Waals surface area contributed by atoms with Crippen LogP contribution in [-0.4, -0.2) is 24.0 Å². The first-order valence-electron chi connectivity index (χ1n) is 7.50. The van der Waals surface area contributed by atoms with E-state index in [1.54, 1.807) is 19.4 Å². The van der Waals surface area contributed by atoms with Crippen LogP contribution >= 0.6 is 0 Å². The largest absolute Gasteiger partial charge is 0.496 e. The van der Waals surface area contributed by atoms with E-state index in [1.807, 2.05) is 19.2 Å². The van der Waals surface area contributed by atoms with Crippen LogP contribution in [-0.2, 0) is 13.1 Å². The molecule has 0 aliphatic heterocycles. The summed E-state index contributed by atoms with van der Waals surface area (Å²) in [5, 5.41) is 1.14. The van der Waals surface area contributed by atoms with Gasteiger partial charge in [-0.2, -0.15) is 0 Å². The topological polar surface area (TPSA) is 25.4 Å². The van der Waals surface area contributed by atoms with Crippen molar-refractivity contribution in [1.82, 2.24) is 9.88 Å². The van der Waals surface area contributed by atoms with Gasteiger partial charge >= 0.3 is 0 Å². The normalized spacial score (nSPS) is 11.1. The highest BCUT2D eigenvalue weighted by atomic mass is 19.1. The van der Waals surface area contributed by atoms with Crippen molar-refractivity contribution in [2.45, 2.75) is 13.1 Å². The molecule has 1 aromatic heterocycles. The van der Waals surface area contributed by atoms with Gasteiger partial charge in [-0.1, -0.05) is 18.2 Å². The molecule has 0 aliphatic carbocycles. The number of pyridine rings is 1. The fourth-order valence-electron chi connectivity index (χ4n) is 2.73. The number of nitrogens with zero attached hydrogens (tertiary/aromatic N) is 2. The molecule has 3 nitrogen and oxygen atoms in total. The van der Waals surface area contributed by atoms with E-state index < -0.39 is 0 Å². The lowest BCUT2D eigenvalue weighted by atomic mass is 10.1. The van der Waals surface area contributed by atoms with E-state index in [1.165, 1.54) is 17.7 Å². The molecular weight excluding hydrogens is 291 g/mol. The molecule has 0 bridgehead atoms. The van der Waals surface area contributed by atoms with E-state index in [9.17, 15) is 4.39 Å². The predicted molar refractivity (Wildman–Crippen MR) is 89.9 cm³/mol. The smallest absolute Gasteiger partial charge is 0.126 e. The average Bonchev–Trinajstić information content (AvgIpc) is 2.56. The first-order chi connectivity index (χ1) is 11.2. The highest BCUT2D eigenvalue weighted by molar-refractivity contribution is 5.78. The summed E-state index contributed by atoms with van der Waals surface area (Å²) in [5.74, 6) is 0.301. The van der Waals surface area contributed by atoms with Gasteiger partial charge in [-0.05, 0) is 36.9 Å². The predicted octanol–water partition coefficient (Wildman–Crippen LogP) is 4.01. The number of rotatable bonds is 5. The first kappa shape index (κ1) is 15.4. The van der Waals surface area contributed by atoms with Crippen molar-refractivity contribution in [3.8, 4) is 5.75 Å². The van der Waals surface area contributed by atoms with Crippen molar-refractivity contribution in [2.24, 2.45) is 0 Å². The third-order valence-electron chi connectivity index (χ3n) is 3.81. The molecule has 0 unspecified atom stereocenters. The zero-order chi connectivity index (χ0) is 16.2. The summed E-state index contributed by atoms with van der Waals surface area (Å²) < 4.78 is 18.5. The van der Waals surface area contributed by atoms with Crippen molar-refractivity contribution in [3.63, 3.8) is 0 Å². The first-order valence-corrected chi connectivity index (χ1v) is 7.50. The van der Waals surface area contributed by atoms with E-state index >= 15 is 0 Å². The van der Waals surface area contributed by atoms with Crippen molar-refractivity contribution in [3.05, 3.63) is 71.7 Å². The number of fused-ring (bicyclic) bond motifs is 1. The Morgan fingerprint density at radius 2 is 1.96 bits per heavy atom. The minimum absolute atomic E-state index is 0.282. The van der Waals surface area contributed by atoms with Crippen LogP contribution in [0.1, 0.15) is 11.1 Å². The zero-order valence-corrected chi connectivity index (χ0v) is 13.3. The minimum atomic E-state index is -0.282. The summed E-state index contributed by atoms with van der Waals surface area (Å²) in [6.07, 6.45) is 1.80. The molecule has 0 spiro atoms. The molecule has 118 valence electrons. The lowest BCUT2D eigenvalue weighted by Gasteiger charge is -2.19. The van der Waals surface area contributed by atoms with Gasteiger partial charge in [-0.3, -0.25) is 9.88 Å². The van der Waals surface area contributed by atoms with E-state index in [2.05, 4.69) is 28.1 Å². The van der Waals surface area contributed by atoms with Gasteiger partial charge in [0.15, 0.2) is 0 Å². The molecule has 4 heteroatoms. The van der Waals surface area contributed by atoms with Gasteiger partial charge in [0.05, 0.1) is 12.6 Å². The summed E-state index contributed by atoms with van der Waals surface area (Å²) in [6.45, 7) is 1.49. The van der Waals surface area contributed by atoms with Crippen LogP contribution in [0.15, 0.2) is 54.7 Å². The summed E-state index contributed by atoms with van der Waals surface area (Å²) in [4.78, 5) is 6.51. The fourth-order valence-corrected chi connectivity index (χ4v) is 2.73. The second kappa shape index (κ2) is 6.75. The molecule has 3 aromatic rings. The molecule has 0 amide bonds. The van der Waals surface area contributed by atoms with Crippen molar-refractivity contribution < 1.29 is 9.13 Å². The minimum Gasteiger partial charge on any atom is -0.496 e. The zero-order valence-electron chi connectivity index (χ0n) is 13.3. The molecule has 0 aliphatic rings.